The number of nitrogens with two attached hydrogens (primary N) is 1. The van der Waals surface area contributed by atoms with Gasteiger partial charge in [-0.1, -0.05) is 0 Å². The van der Waals surface area contributed by atoms with Gasteiger partial charge in [0.15, 0.2) is 0 Å². The van der Waals surface area contributed by atoms with Crippen molar-refractivity contribution in [1.82, 2.24) is 4.90 Å². The number of nitrogens with zero attached hydrogens (tertiary/aromatic N) is 1. The Labute approximate surface area is 92.5 Å². The third kappa shape index (κ3) is 3.24. The minimum Gasteiger partial charge on any atom is -0.334 e. The highest BCUT2D eigenvalue weighted by molar-refractivity contribution is 5.82. The standard InChI is InChI=1S/C8H10F6N2O/c9-7(10,11)4-3-16(2-1-5(4)15)6(17)8(12,13)14/h4-5H,1-3,15H2. The van der Waals surface area contributed by atoms with E-state index in [-0.39, 0.29) is 11.3 Å². The maximum absolute atomic E-state index is 12.4. The van der Waals surface area contributed by atoms with Crippen LogP contribution in [0.1, 0.15) is 6.42 Å². The molecule has 0 saturated carbocycles. The first-order valence-electron chi connectivity index (χ1n) is 4.72. The molecule has 0 aromatic carbocycles. The molecule has 1 aliphatic heterocycles. The summed E-state index contributed by atoms with van der Waals surface area (Å²) in [5.74, 6) is -4.36. The topological polar surface area (TPSA) is 46.3 Å². The van der Waals surface area contributed by atoms with Gasteiger partial charge in [-0.15, -0.1) is 0 Å². The molecule has 2 atom stereocenters. The quantitative estimate of drug-likeness (QED) is 0.670. The minimum atomic E-state index is -5.16. The van der Waals surface area contributed by atoms with Gasteiger partial charge in [0, 0.05) is 19.1 Å². The Bertz CT molecular complexity index is 299. The smallest absolute Gasteiger partial charge is 0.334 e. The molecular weight excluding hydrogens is 254 g/mol. The average Bonchev–Trinajstić information content (AvgIpc) is 2.14. The lowest BCUT2D eigenvalue weighted by molar-refractivity contribution is -0.206. The van der Waals surface area contributed by atoms with E-state index in [0.29, 0.717) is 0 Å². The Morgan fingerprint density at radius 1 is 1.18 bits per heavy atom. The van der Waals surface area contributed by atoms with Crippen molar-refractivity contribution in [1.29, 1.82) is 0 Å². The van der Waals surface area contributed by atoms with E-state index in [1.54, 1.807) is 0 Å². The van der Waals surface area contributed by atoms with E-state index in [1.807, 2.05) is 0 Å². The molecule has 0 bridgehead atoms. The number of likely N-dealkylation sites (tertiary alicyclic amines) is 1. The van der Waals surface area contributed by atoms with Gasteiger partial charge in [-0.25, -0.2) is 0 Å². The zero-order valence-electron chi connectivity index (χ0n) is 8.48. The first-order chi connectivity index (χ1) is 7.53. The molecule has 1 amide bonds. The number of hydrogen-bond donors (Lipinski definition) is 1. The summed E-state index contributed by atoms with van der Waals surface area (Å²) in [4.78, 5) is 10.9. The number of rotatable bonds is 0. The molecule has 1 heterocycles. The van der Waals surface area contributed by atoms with Crippen molar-refractivity contribution in [3.05, 3.63) is 0 Å². The SMILES string of the molecule is NC1CCN(C(=O)C(F)(F)F)CC1C(F)(F)F. The molecule has 0 radical (unpaired) electrons. The van der Waals surface area contributed by atoms with Gasteiger partial charge in [0.25, 0.3) is 0 Å². The molecule has 17 heavy (non-hydrogen) atoms. The van der Waals surface area contributed by atoms with Gasteiger partial charge in [-0.2, -0.15) is 26.3 Å². The van der Waals surface area contributed by atoms with E-state index in [0.717, 1.165) is 0 Å². The van der Waals surface area contributed by atoms with Crippen LogP contribution in [0.4, 0.5) is 26.3 Å². The molecule has 1 aliphatic rings. The van der Waals surface area contributed by atoms with Gasteiger partial charge in [-0.05, 0) is 6.42 Å². The van der Waals surface area contributed by atoms with Crippen LogP contribution in [0, 0.1) is 5.92 Å². The normalized spacial score (nSPS) is 27.1. The predicted octanol–water partition coefficient (Wildman–Crippen LogP) is 1.29. The number of hydrogen-bond acceptors (Lipinski definition) is 2. The van der Waals surface area contributed by atoms with E-state index in [9.17, 15) is 31.1 Å². The van der Waals surface area contributed by atoms with Crippen LogP contribution < -0.4 is 5.73 Å². The van der Waals surface area contributed by atoms with Crippen molar-refractivity contribution in [3.8, 4) is 0 Å². The average molecular weight is 264 g/mol. The summed E-state index contributed by atoms with van der Waals surface area (Å²) in [6.45, 7) is -1.45. The van der Waals surface area contributed by atoms with Crippen LogP contribution >= 0.6 is 0 Å². The lowest BCUT2D eigenvalue weighted by atomic mass is 9.92. The van der Waals surface area contributed by atoms with Gasteiger partial charge in [0.05, 0.1) is 5.92 Å². The Morgan fingerprint density at radius 2 is 1.71 bits per heavy atom. The molecule has 0 aromatic heterocycles. The van der Waals surface area contributed by atoms with Gasteiger partial charge >= 0.3 is 18.3 Å². The second-order valence-electron chi connectivity index (χ2n) is 3.85. The molecule has 0 aliphatic carbocycles. The third-order valence-corrected chi connectivity index (χ3v) is 2.62. The number of carbonyl (C=O) groups is 1. The monoisotopic (exact) mass is 264 g/mol. The number of amides is 1. The summed E-state index contributed by atoms with van der Waals surface area (Å²) in [7, 11) is 0. The molecule has 100 valence electrons. The second kappa shape index (κ2) is 4.35. The maximum atomic E-state index is 12.4. The first-order valence-corrected chi connectivity index (χ1v) is 4.72. The van der Waals surface area contributed by atoms with E-state index in [4.69, 9.17) is 5.73 Å². The molecule has 0 spiro atoms. The van der Waals surface area contributed by atoms with Crippen molar-refractivity contribution in [2.45, 2.75) is 24.8 Å². The summed E-state index contributed by atoms with van der Waals surface area (Å²) < 4.78 is 73.4. The van der Waals surface area contributed by atoms with Crippen LogP contribution in [0.15, 0.2) is 0 Å². The molecule has 3 nitrogen and oxygen atoms in total. The third-order valence-electron chi connectivity index (χ3n) is 2.62. The highest BCUT2D eigenvalue weighted by Gasteiger charge is 2.50. The Hall–Kier alpha value is -0.990. The summed E-state index contributed by atoms with van der Waals surface area (Å²) in [5, 5.41) is 0. The van der Waals surface area contributed by atoms with E-state index < -0.39 is 43.3 Å². The summed E-state index contributed by atoms with van der Waals surface area (Å²) in [6, 6.07) is -1.27. The molecule has 1 saturated heterocycles. The highest BCUT2D eigenvalue weighted by Crippen LogP contribution is 2.33. The number of alkyl halides is 6. The van der Waals surface area contributed by atoms with Gasteiger partial charge in [0.1, 0.15) is 0 Å². The molecule has 2 unspecified atom stereocenters. The van der Waals surface area contributed by atoms with Gasteiger partial charge < -0.3 is 10.6 Å². The minimum absolute atomic E-state index is 0.154. The van der Waals surface area contributed by atoms with Crippen molar-refractivity contribution in [3.63, 3.8) is 0 Å². The van der Waals surface area contributed by atoms with E-state index in [2.05, 4.69) is 0 Å². The molecule has 9 heteroatoms. The molecular formula is C8H10F6N2O. The van der Waals surface area contributed by atoms with Crippen molar-refractivity contribution < 1.29 is 31.1 Å². The predicted molar refractivity (Wildman–Crippen MR) is 44.8 cm³/mol. The van der Waals surface area contributed by atoms with E-state index in [1.165, 1.54) is 0 Å². The van der Waals surface area contributed by atoms with Crippen LogP contribution in [0.25, 0.3) is 0 Å². The fraction of sp³-hybridized carbons (Fsp3) is 0.875. The maximum Gasteiger partial charge on any atom is 0.471 e. The Morgan fingerprint density at radius 3 is 2.12 bits per heavy atom. The molecule has 1 rings (SSSR count). The molecule has 1 fully saturated rings. The van der Waals surface area contributed by atoms with E-state index >= 15 is 0 Å². The largest absolute Gasteiger partial charge is 0.471 e. The number of carbonyl (C=O) groups excluding carboxylic acids is 1. The van der Waals surface area contributed by atoms with Gasteiger partial charge in [0.2, 0.25) is 0 Å². The lowest BCUT2D eigenvalue weighted by Gasteiger charge is -2.37. The highest BCUT2D eigenvalue weighted by atomic mass is 19.4. The zero-order chi connectivity index (χ0) is 13.4. The van der Waals surface area contributed by atoms with Crippen LogP contribution in [-0.2, 0) is 4.79 Å². The van der Waals surface area contributed by atoms with Gasteiger partial charge in [-0.3, -0.25) is 4.79 Å². The molecule has 0 aromatic rings. The summed E-state index contributed by atoms with van der Waals surface area (Å²) >= 11 is 0. The lowest BCUT2D eigenvalue weighted by Crippen LogP contribution is -2.56. The van der Waals surface area contributed by atoms with Crippen molar-refractivity contribution in [2.75, 3.05) is 13.1 Å². The summed E-state index contributed by atoms with van der Waals surface area (Å²) in [5.41, 5.74) is 5.20. The van der Waals surface area contributed by atoms with Crippen LogP contribution in [0.3, 0.4) is 0 Å². The fourth-order valence-corrected chi connectivity index (χ4v) is 1.68. The van der Waals surface area contributed by atoms with Crippen molar-refractivity contribution in [2.24, 2.45) is 11.7 Å². The fourth-order valence-electron chi connectivity index (χ4n) is 1.68. The van der Waals surface area contributed by atoms with Crippen molar-refractivity contribution >= 4 is 5.91 Å². The Kier molecular flexibility index (Phi) is 3.60. The summed E-state index contributed by atoms with van der Waals surface area (Å²) in [6.07, 6.45) is -10.2. The first kappa shape index (κ1) is 14.1. The molecule has 2 N–H and O–H groups in total. The number of halogens is 6. The second-order valence-corrected chi connectivity index (χ2v) is 3.85. The Balaban J connectivity index is 2.78. The number of piperidine rings is 1. The van der Waals surface area contributed by atoms with Crippen LogP contribution in [0.5, 0.6) is 0 Å². The van der Waals surface area contributed by atoms with Crippen LogP contribution in [0.2, 0.25) is 0 Å². The zero-order valence-corrected chi connectivity index (χ0v) is 8.48. The van der Waals surface area contributed by atoms with Crippen LogP contribution in [-0.4, -0.2) is 42.3 Å².